The van der Waals surface area contributed by atoms with Gasteiger partial charge in [-0.25, -0.2) is 0 Å². The molecule has 3 unspecified atom stereocenters. The molecule has 102 valence electrons. The van der Waals surface area contributed by atoms with E-state index in [1.807, 2.05) is 23.5 Å². The van der Waals surface area contributed by atoms with Crippen molar-refractivity contribution >= 4 is 11.8 Å². The number of aryl methyl sites for hydroxylation is 2. The van der Waals surface area contributed by atoms with Gasteiger partial charge in [0.15, 0.2) is 0 Å². The van der Waals surface area contributed by atoms with Gasteiger partial charge in [-0.2, -0.15) is 5.10 Å². The van der Waals surface area contributed by atoms with Crippen molar-refractivity contribution in [2.24, 2.45) is 24.6 Å². The first-order valence-corrected chi connectivity index (χ1v) is 7.89. The zero-order valence-electron chi connectivity index (χ0n) is 11.7. The normalized spacial score (nSPS) is 28.6. The van der Waals surface area contributed by atoms with Crippen molar-refractivity contribution in [1.82, 2.24) is 9.78 Å². The van der Waals surface area contributed by atoms with E-state index in [4.69, 9.17) is 5.73 Å². The lowest BCUT2D eigenvalue weighted by atomic mass is 9.80. The number of nitrogens with zero attached hydrogens (tertiary/aromatic N) is 2. The maximum Gasteiger partial charge on any atom is 0.0942 e. The maximum atomic E-state index is 5.94. The minimum absolute atomic E-state index is 0.670. The van der Waals surface area contributed by atoms with Crippen molar-refractivity contribution in [2.45, 2.75) is 49.8 Å². The van der Waals surface area contributed by atoms with Gasteiger partial charge >= 0.3 is 0 Å². The summed E-state index contributed by atoms with van der Waals surface area (Å²) in [6, 6.07) is 2.19. The largest absolute Gasteiger partial charge is 0.330 e. The number of rotatable bonds is 4. The predicted octanol–water partition coefficient (Wildman–Crippen LogP) is 2.97. The van der Waals surface area contributed by atoms with Crippen molar-refractivity contribution in [3.8, 4) is 0 Å². The molecule has 0 bridgehead atoms. The zero-order valence-corrected chi connectivity index (χ0v) is 12.5. The van der Waals surface area contributed by atoms with E-state index in [1.54, 1.807) is 0 Å². The minimum Gasteiger partial charge on any atom is -0.330 e. The lowest BCUT2D eigenvalue weighted by Crippen LogP contribution is -2.32. The number of hydrogen-bond acceptors (Lipinski definition) is 3. The van der Waals surface area contributed by atoms with Gasteiger partial charge in [-0.3, -0.25) is 4.68 Å². The highest BCUT2D eigenvalue weighted by molar-refractivity contribution is 7.99. The predicted molar refractivity (Wildman–Crippen MR) is 77.8 cm³/mol. The van der Waals surface area contributed by atoms with Gasteiger partial charge in [0, 0.05) is 12.3 Å². The summed E-state index contributed by atoms with van der Waals surface area (Å²) in [5.74, 6) is 1.56. The van der Waals surface area contributed by atoms with E-state index in [9.17, 15) is 0 Å². The number of nitrogens with two attached hydrogens (primary N) is 1. The number of thioether (sulfide) groups is 1. The van der Waals surface area contributed by atoms with E-state index >= 15 is 0 Å². The fourth-order valence-electron chi connectivity index (χ4n) is 2.91. The van der Waals surface area contributed by atoms with E-state index in [-0.39, 0.29) is 0 Å². The Balaban J connectivity index is 2.06. The lowest BCUT2D eigenvalue weighted by molar-refractivity contribution is 0.283. The van der Waals surface area contributed by atoms with Gasteiger partial charge in [0.2, 0.25) is 0 Å². The fraction of sp³-hybridized carbons (Fsp3) is 0.786. The zero-order chi connectivity index (χ0) is 13.1. The SMILES string of the molecule is CCC1CCC(CN)C(Sc2cc(C)nn2C)C1. The van der Waals surface area contributed by atoms with Crippen LogP contribution in [0, 0.1) is 18.8 Å². The van der Waals surface area contributed by atoms with Gasteiger partial charge in [0.05, 0.1) is 10.7 Å². The van der Waals surface area contributed by atoms with Crippen LogP contribution in [0.3, 0.4) is 0 Å². The summed E-state index contributed by atoms with van der Waals surface area (Å²) in [7, 11) is 2.03. The molecule has 0 spiro atoms. The molecule has 0 radical (unpaired) electrons. The highest BCUT2D eigenvalue weighted by Crippen LogP contribution is 2.40. The van der Waals surface area contributed by atoms with Gasteiger partial charge in [-0.1, -0.05) is 19.8 Å². The smallest absolute Gasteiger partial charge is 0.0942 e. The van der Waals surface area contributed by atoms with Crippen LogP contribution in [0.2, 0.25) is 0 Å². The Kier molecular flexibility index (Phi) is 4.73. The molecule has 1 aromatic rings. The van der Waals surface area contributed by atoms with Crippen LogP contribution in [0.5, 0.6) is 0 Å². The molecule has 1 aliphatic carbocycles. The molecule has 1 fully saturated rings. The summed E-state index contributed by atoms with van der Waals surface area (Å²) < 4.78 is 2.00. The molecule has 0 aromatic carbocycles. The van der Waals surface area contributed by atoms with Gasteiger partial charge in [-0.05, 0) is 44.2 Å². The molecule has 1 aliphatic rings. The van der Waals surface area contributed by atoms with Crippen molar-refractivity contribution < 1.29 is 0 Å². The monoisotopic (exact) mass is 267 g/mol. The molecule has 3 atom stereocenters. The second-order valence-corrected chi connectivity index (χ2v) is 6.75. The summed E-state index contributed by atoms with van der Waals surface area (Å²) >= 11 is 1.98. The molecule has 0 amide bonds. The molecule has 0 aliphatic heterocycles. The third-order valence-electron chi connectivity index (χ3n) is 4.15. The molecular formula is C14H25N3S. The summed E-state index contributed by atoms with van der Waals surface area (Å²) in [4.78, 5) is 0. The number of hydrogen-bond donors (Lipinski definition) is 1. The topological polar surface area (TPSA) is 43.8 Å². The Morgan fingerprint density at radius 3 is 2.83 bits per heavy atom. The van der Waals surface area contributed by atoms with E-state index in [0.29, 0.717) is 11.2 Å². The molecule has 2 rings (SSSR count). The van der Waals surface area contributed by atoms with Crippen LogP contribution in [0.15, 0.2) is 11.1 Å². The third kappa shape index (κ3) is 3.09. The van der Waals surface area contributed by atoms with Crippen molar-refractivity contribution in [1.29, 1.82) is 0 Å². The van der Waals surface area contributed by atoms with E-state index in [2.05, 4.69) is 25.0 Å². The van der Waals surface area contributed by atoms with Crippen LogP contribution < -0.4 is 5.73 Å². The van der Waals surface area contributed by atoms with Gasteiger partial charge in [0.25, 0.3) is 0 Å². The highest BCUT2D eigenvalue weighted by Gasteiger charge is 2.30. The molecule has 18 heavy (non-hydrogen) atoms. The lowest BCUT2D eigenvalue weighted by Gasteiger charge is -2.34. The van der Waals surface area contributed by atoms with Crippen molar-refractivity contribution in [3.63, 3.8) is 0 Å². The molecule has 2 N–H and O–H groups in total. The van der Waals surface area contributed by atoms with E-state index < -0.39 is 0 Å². The van der Waals surface area contributed by atoms with Gasteiger partial charge in [0.1, 0.15) is 0 Å². The van der Waals surface area contributed by atoms with Crippen LogP contribution in [-0.4, -0.2) is 21.6 Å². The van der Waals surface area contributed by atoms with Gasteiger partial charge in [-0.15, -0.1) is 11.8 Å². The van der Waals surface area contributed by atoms with Crippen LogP contribution in [-0.2, 0) is 7.05 Å². The first kappa shape index (κ1) is 13.9. The maximum absolute atomic E-state index is 5.94. The Morgan fingerprint density at radius 1 is 1.50 bits per heavy atom. The average Bonchev–Trinajstić information content (AvgIpc) is 2.67. The molecule has 4 heteroatoms. The summed E-state index contributed by atoms with van der Waals surface area (Å²) in [6.45, 7) is 5.19. The van der Waals surface area contributed by atoms with Gasteiger partial charge < -0.3 is 5.73 Å². The minimum atomic E-state index is 0.670. The first-order chi connectivity index (χ1) is 8.63. The van der Waals surface area contributed by atoms with E-state index in [1.165, 1.54) is 30.7 Å². The second kappa shape index (κ2) is 6.11. The summed E-state index contributed by atoms with van der Waals surface area (Å²) in [5, 5.41) is 6.39. The Morgan fingerprint density at radius 2 is 2.28 bits per heavy atom. The quantitative estimate of drug-likeness (QED) is 0.912. The highest BCUT2D eigenvalue weighted by atomic mass is 32.2. The molecular weight excluding hydrogens is 242 g/mol. The second-order valence-electron chi connectivity index (χ2n) is 5.49. The molecule has 0 saturated heterocycles. The average molecular weight is 267 g/mol. The third-order valence-corrected chi connectivity index (χ3v) is 5.65. The Bertz CT molecular complexity index is 388. The van der Waals surface area contributed by atoms with E-state index in [0.717, 1.165) is 18.2 Å². The Hall–Kier alpha value is -0.480. The van der Waals surface area contributed by atoms with Crippen molar-refractivity contribution in [3.05, 3.63) is 11.8 Å². The van der Waals surface area contributed by atoms with Crippen LogP contribution in [0.4, 0.5) is 0 Å². The first-order valence-electron chi connectivity index (χ1n) is 7.01. The molecule has 3 nitrogen and oxygen atoms in total. The Labute approximate surface area is 115 Å². The summed E-state index contributed by atoms with van der Waals surface area (Å²) in [5.41, 5.74) is 7.05. The van der Waals surface area contributed by atoms with Crippen molar-refractivity contribution in [2.75, 3.05) is 6.54 Å². The molecule has 1 heterocycles. The van der Waals surface area contributed by atoms with Crippen LogP contribution >= 0.6 is 11.8 Å². The van der Waals surface area contributed by atoms with Crippen LogP contribution in [0.25, 0.3) is 0 Å². The number of aromatic nitrogens is 2. The standard InChI is InChI=1S/C14H25N3S/c1-4-11-5-6-12(9-15)13(8-11)18-14-7-10(2)16-17(14)3/h7,11-13H,4-6,8-9,15H2,1-3H3. The molecule has 1 saturated carbocycles. The summed E-state index contributed by atoms with van der Waals surface area (Å²) in [6.07, 6.45) is 5.27. The molecule has 1 aromatic heterocycles. The van der Waals surface area contributed by atoms with Crippen LogP contribution in [0.1, 0.15) is 38.3 Å². The fourth-order valence-corrected chi connectivity index (χ4v) is 4.46.